The van der Waals surface area contributed by atoms with Crippen LogP contribution in [0.3, 0.4) is 0 Å². The third-order valence-electron chi connectivity index (χ3n) is 2.33. The molecule has 16 heavy (non-hydrogen) atoms. The number of rotatable bonds is 2. The molecule has 0 radical (unpaired) electrons. The van der Waals surface area contributed by atoms with E-state index in [1.165, 1.54) is 0 Å². The van der Waals surface area contributed by atoms with Crippen molar-refractivity contribution in [2.24, 2.45) is 10.9 Å². The van der Waals surface area contributed by atoms with E-state index in [9.17, 15) is 9.59 Å². The topological polar surface area (TPSA) is 96.0 Å². The summed E-state index contributed by atoms with van der Waals surface area (Å²) in [5.41, 5.74) is 5.96. The van der Waals surface area contributed by atoms with Crippen LogP contribution in [-0.4, -0.2) is 34.3 Å². The highest BCUT2D eigenvalue weighted by molar-refractivity contribution is 6.22. The van der Waals surface area contributed by atoms with Crippen molar-refractivity contribution in [3.63, 3.8) is 0 Å². The van der Waals surface area contributed by atoms with Gasteiger partial charge in [0, 0.05) is 0 Å². The maximum Gasteiger partial charge on any atom is 0.261 e. The van der Waals surface area contributed by atoms with Gasteiger partial charge in [-0.15, -0.1) is 0 Å². The molecule has 0 saturated heterocycles. The smallest absolute Gasteiger partial charge is 0.261 e. The predicted molar refractivity (Wildman–Crippen MR) is 55.2 cm³/mol. The Morgan fingerprint density at radius 3 is 2.19 bits per heavy atom. The van der Waals surface area contributed by atoms with Crippen molar-refractivity contribution in [2.75, 3.05) is 6.54 Å². The highest BCUT2D eigenvalue weighted by Gasteiger charge is 2.35. The number of hydrogen-bond donors (Lipinski definition) is 2. The molecule has 0 fully saturated rings. The van der Waals surface area contributed by atoms with Crippen molar-refractivity contribution >= 4 is 17.6 Å². The molecule has 2 amide bonds. The zero-order chi connectivity index (χ0) is 11.7. The van der Waals surface area contributed by atoms with Crippen LogP contribution < -0.4 is 5.73 Å². The Kier molecular flexibility index (Phi) is 2.32. The van der Waals surface area contributed by atoms with Crippen LogP contribution in [0.1, 0.15) is 20.7 Å². The Hall–Kier alpha value is -2.37. The summed E-state index contributed by atoms with van der Waals surface area (Å²) in [6.45, 7) is -0.206. The molecule has 3 N–H and O–H groups in total. The molecule has 1 aromatic rings. The van der Waals surface area contributed by atoms with Gasteiger partial charge in [-0.2, -0.15) is 0 Å². The second-order valence-corrected chi connectivity index (χ2v) is 3.33. The first kappa shape index (κ1) is 10.2. The van der Waals surface area contributed by atoms with Crippen molar-refractivity contribution in [2.45, 2.75) is 0 Å². The quantitative estimate of drug-likeness (QED) is 0.241. The van der Waals surface area contributed by atoms with E-state index >= 15 is 0 Å². The molecular formula is C10H9N3O3. The molecule has 1 aliphatic rings. The van der Waals surface area contributed by atoms with Crippen LogP contribution in [0, 0.1) is 0 Å². The van der Waals surface area contributed by atoms with E-state index in [0.29, 0.717) is 11.1 Å². The number of nitrogens with zero attached hydrogens (tertiary/aromatic N) is 2. The fraction of sp³-hybridized carbons (Fsp3) is 0.100. The largest absolute Gasteiger partial charge is 0.409 e. The Bertz CT molecular complexity index is 461. The van der Waals surface area contributed by atoms with Crippen molar-refractivity contribution in [1.29, 1.82) is 0 Å². The van der Waals surface area contributed by atoms with Crippen LogP contribution in [0.15, 0.2) is 29.4 Å². The summed E-state index contributed by atoms with van der Waals surface area (Å²) >= 11 is 0. The number of imide groups is 1. The minimum atomic E-state index is -0.424. The molecule has 0 saturated carbocycles. The van der Waals surface area contributed by atoms with E-state index in [2.05, 4.69) is 5.16 Å². The number of hydrogen-bond acceptors (Lipinski definition) is 4. The van der Waals surface area contributed by atoms with Gasteiger partial charge in [0.15, 0.2) is 5.84 Å². The van der Waals surface area contributed by atoms with Gasteiger partial charge in [-0.05, 0) is 12.1 Å². The maximum absolute atomic E-state index is 11.8. The number of amides is 2. The van der Waals surface area contributed by atoms with Gasteiger partial charge >= 0.3 is 0 Å². The summed E-state index contributed by atoms with van der Waals surface area (Å²) in [4.78, 5) is 24.5. The molecular weight excluding hydrogens is 210 g/mol. The number of oxime groups is 1. The van der Waals surface area contributed by atoms with E-state index in [1.807, 2.05) is 0 Å². The highest BCUT2D eigenvalue weighted by atomic mass is 16.4. The Morgan fingerprint density at radius 2 is 1.75 bits per heavy atom. The van der Waals surface area contributed by atoms with E-state index in [1.54, 1.807) is 24.3 Å². The lowest BCUT2D eigenvalue weighted by Gasteiger charge is -2.11. The molecule has 1 aromatic carbocycles. The van der Waals surface area contributed by atoms with Gasteiger partial charge in [-0.3, -0.25) is 14.5 Å². The monoisotopic (exact) mass is 219 g/mol. The average molecular weight is 219 g/mol. The van der Waals surface area contributed by atoms with Crippen LogP contribution in [0.25, 0.3) is 0 Å². The lowest BCUT2D eigenvalue weighted by atomic mass is 10.1. The highest BCUT2D eigenvalue weighted by Crippen LogP contribution is 2.21. The van der Waals surface area contributed by atoms with Crippen molar-refractivity contribution in [1.82, 2.24) is 4.90 Å². The molecule has 0 aromatic heterocycles. The normalized spacial score (nSPS) is 15.5. The predicted octanol–water partition coefficient (Wildman–Crippen LogP) is 0.0290. The molecule has 6 heteroatoms. The summed E-state index contributed by atoms with van der Waals surface area (Å²) in [5.74, 6) is -1.03. The zero-order valence-corrected chi connectivity index (χ0v) is 8.25. The minimum Gasteiger partial charge on any atom is -0.409 e. The number of amidine groups is 1. The van der Waals surface area contributed by atoms with Crippen LogP contribution in [0.5, 0.6) is 0 Å². The van der Waals surface area contributed by atoms with Crippen molar-refractivity contribution in [3.05, 3.63) is 35.4 Å². The molecule has 1 heterocycles. The van der Waals surface area contributed by atoms with Gasteiger partial charge in [0.1, 0.15) is 0 Å². The number of nitrogens with two attached hydrogens (primary N) is 1. The van der Waals surface area contributed by atoms with Crippen LogP contribution in [0.2, 0.25) is 0 Å². The summed E-state index contributed by atoms with van der Waals surface area (Å²) in [6.07, 6.45) is 0. The van der Waals surface area contributed by atoms with Crippen LogP contribution >= 0.6 is 0 Å². The third-order valence-corrected chi connectivity index (χ3v) is 2.33. The first-order valence-electron chi connectivity index (χ1n) is 4.56. The molecule has 0 unspecified atom stereocenters. The first-order valence-corrected chi connectivity index (χ1v) is 4.56. The zero-order valence-electron chi connectivity index (χ0n) is 8.25. The van der Waals surface area contributed by atoms with E-state index in [0.717, 1.165) is 4.90 Å². The number of fused-ring (bicyclic) bond motifs is 1. The summed E-state index contributed by atoms with van der Waals surface area (Å²) < 4.78 is 0. The second kappa shape index (κ2) is 3.65. The summed E-state index contributed by atoms with van der Waals surface area (Å²) in [5, 5.41) is 11.1. The van der Waals surface area contributed by atoms with E-state index in [4.69, 9.17) is 10.9 Å². The van der Waals surface area contributed by atoms with Gasteiger partial charge in [0.05, 0.1) is 17.7 Å². The molecule has 1 aliphatic heterocycles. The van der Waals surface area contributed by atoms with Crippen molar-refractivity contribution < 1.29 is 14.8 Å². The van der Waals surface area contributed by atoms with Crippen LogP contribution in [-0.2, 0) is 0 Å². The summed E-state index contributed by atoms with van der Waals surface area (Å²) in [6, 6.07) is 6.50. The number of benzene rings is 1. The molecule has 6 nitrogen and oxygen atoms in total. The molecule has 82 valence electrons. The second-order valence-electron chi connectivity index (χ2n) is 3.33. The molecule has 2 rings (SSSR count). The number of carbonyl (C=O) groups excluding carboxylic acids is 2. The first-order chi connectivity index (χ1) is 7.65. The van der Waals surface area contributed by atoms with Gasteiger partial charge < -0.3 is 10.9 Å². The van der Waals surface area contributed by atoms with Gasteiger partial charge in [0.25, 0.3) is 11.8 Å². The Balaban J connectivity index is 2.35. The fourth-order valence-corrected chi connectivity index (χ4v) is 1.58. The maximum atomic E-state index is 11.8. The fourth-order valence-electron chi connectivity index (χ4n) is 1.58. The lowest BCUT2D eigenvalue weighted by molar-refractivity contribution is 0.0676. The molecule has 0 aliphatic carbocycles. The SMILES string of the molecule is NC(CN1C(=O)c2ccccc2C1=O)=NO. The third kappa shape index (κ3) is 1.40. The lowest BCUT2D eigenvalue weighted by Crippen LogP contribution is -2.37. The van der Waals surface area contributed by atoms with E-state index < -0.39 is 11.8 Å². The standard InChI is InChI=1S/C10H9N3O3/c11-8(12-16)5-13-9(14)6-3-1-2-4-7(6)10(13)15/h1-4,16H,5H2,(H2,11,12). The van der Waals surface area contributed by atoms with Gasteiger partial charge in [-0.1, -0.05) is 17.3 Å². The molecule has 0 spiro atoms. The van der Waals surface area contributed by atoms with Gasteiger partial charge in [-0.25, -0.2) is 0 Å². The van der Waals surface area contributed by atoms with Crippen LogP contribution in [0.4, 0.5) is 0 Å². The van der Waals surface area contributed by atoms with Gasteiger partial charge in [0.2, 0.25) is 0 Å². The average Bonchev–Trinajstić information content (AvgIpc) is 2.55. The van der Waals surface area contributed by atoms with Crippen molar-refractivity contribution in [3.8, 4) is 0 Å². The Morgan fingerprint density at radius 1 is 1.25 bits per heavy atom. The summed E-state index contributed by atoms with van der Waals surface area (Å²) in [7, 11) is 0. The molecule has 0 bridgehead atoms. The van der Waals surface area contributed by atoms with E-state index in [-0.39, 0.29) is 12.4 Å². The Labute approximate surface area is 91.0 Å². The molecule has 0 atom stereocenters. The minimum absolute atomic E-state index is 0.186. The number of carbonyl (C=O) groups is 2.